The van der Waals surface area contributed by atoms with Gasteiger partial charge in [-0.05, 0) is 19.4 Å². The number of aryl methyl sites for hydroxylation is 1. The van der Waals surface area contributed by atoms with Gasteiger partial charge in [-0.25, -0.2) is 17.8 Å². The quantitative estimate of drug-likeness (QED) is 0.859. The van der Waals surface area contributed by atoms with Crippen LogP contribution in [-0.2, 0) is 16.4 Å². The SMILES string of the molecule is Cc1cc(NCc2ccccc2F)nc(NC2CCS(=O)(=O)C2)n1. The second kappa shape index (κ2) is 6.72. The Morgan fingerprint density at radius 3 is 2.79 bits per heavy atom. The van der Waals surface area contributed by atoms with E-state index in [9.17, 15) is 12.8 Å². The molecule has 2 N–H and O–H groups in total. The maximum absolute atomic E-state index is 13.7. The standard InChI is InChI=1S/C16H19FN4O2S/c1-11-8-15(18-9-12-4-2-3-5-14(12)17)21-16(19-11)20-13-6-7-24(22,23)10-13/h2-5,8,13H,6-7,9-10H2,1H3,(H2,18,19,20,21). The van der Waals surface area contributed by atoms with Crippen LogP contribution in [0.2, 0.25) is 0 Å². The molecule has 2 aromatic rings. The first-order valence-electron chi connectivity index (χ1n) is 7.71. The second-order valence-electron chi connectivity index (χ2n) is 5.91. The summed E-state index contributed by atoms with van der Waals surface area (Å²) in [6.45, 7) is 2.13. The Morgan fingerprint density at radius 2 is 2.08 bits per heavy atom. The molecule has 1 fully saturated rings. The molecule has 1 unspecified atom stereocenters. The number of nitrogens with one attached hydrogen (secondary N) is 2. The highest BCUT2D eigenvalue weighted by molar-refractivity contribution is 7.91. The van der Waals surface area contributed by atoms with E-state index >= 15 is 0 Å². The van der Waals surface area contributed by atoms with Crippen LogP contribution in [0.1, 0.15) is 17.7 Å². The molecule has 1 aliphatic heterocycles. The molecule has 0 saturated carbocycles. The minimum Gasteiger partial charge on any atom is -0.366 e. The van der Waals surface area contributed by atoms with Gasteiger partial charge in [-0.3, -0.25) is 0 Å². The van der Waals surface area contributed by atoms with Gasteiger partial charge in [0, 0.05) is 29.9 Å². The number of benzene rings is 1. The molecule has 2 heterocycles. The van der Waals surface area contributed by atoms with Crippen molar-refractivity contribution in [3.63, 3.8) is 0 Å². The van der Waals surface area contributed by atoms with Crippen molar-refractivity contribution < 1.29 is 12.8 Å². The van der Waals surface area contributed by atoms with Gasteiger partial charge in [-0.2, -0.15) is 4.98 Å². The predicted octanol–water partition coefficient (Wildman–Crippen LogP) is 2.14. The summed E-state index contributed by atoms with van der Waals surface area (Å²) < 4.78 is 36.7. The number of hydrogen-bond acceptors (Lipinski definition) is 6. The monoisotopic (exact) mass is 350 g/mol. The summed E-state index contributed by atoms with van der Waals surface area (Å²) in [5.74, 6) is 0.962. The van der Waals surface area contributed by atoms with Gasteiger partial charge >= 0.3 is 0 Å². The van der Waals surface area contributed by atoms with Crippen molar-refractivity contribution in [1.29, 1.82) is 0 Å². The molecule has 1 aromatic carbocycles. The minimum absolute atomic E-state index is 0.0995. The zero-order valence-corrected chi connectivity index (χ0v) is 14.1. The lowest BCUT2D eigenvalue weighted by Gasteiger charge is -2.13. The Kier molecular flexibility index (Phi) is 4.66. The van der Waals surface area contributed by atoms with Crippen LogP contribution in [0.4, 0.5) is 16.2 Å². The number of nitrogens with zero attached hydrogens (tertiary/aromatic N) is 2. The zero-order valence-electron chi connectivity index (χ0n) is 13.3. The third kappa shape index (κ3) is 4.19. The van der Waals surface area contributed by atoms with E-state index in [2.05, 4.69) is 20.6 Å². The fourth-order valence-corrected chi connectivity index (χ4v) is 4.32. The van der Waals surface area contributed by atoms with Gasteiger partial charge in [0.15, 0.2) is 9.84 Å². The molecule has 128 valence electrons. The Hall–Kier alpha value is -2.22. The zero-order chi connectivity index (χ0) is 17.2. The average molecular weight is 350 g/mol. The van der Waals surface area contributed by atoms with Crippen LogP contribution < -0.4 is 10.6 Å². The molecule has 1 saturated heterocycles. The van der Waals surface area contributed by atoms with E-state index in [4.69, 9.17) is 0 Å². The van der Waals surface area contributed by atoms with Gasteiger partial charge in [0.25, 0.3) is 0 Å². The van der Waals surface area contributed by atoms with Crippen LogP contribution in [0.5, 0.6) is 0 Å². The lowest BCUT2D eigenvalue weighted by Crippen LogP contribution is -2.22. The lowest BCUT2D eigenvalue weighted by molar-refractivity contribution is 0.602. The third-order valence-corrected chi connectivity index (χ3v) is 5.61. The van der Waals surface area contributed by atoms with Crippen LogP contribution in [0, 0.1) is 12.7 Å². The van der Waals surface area contributed by atoms with Gasteiger partial charge in [0.1, 0.15) is 11.6 Å². The highest BCUT2D eigenvalue weighted by Gasteiger charge is 2.28. The fraction of sp³-hybridized carbons (Fsp3) is 0.375. The average Bonchev–Trinajstić information content (AvgIpc) is 2.85. The molecular weight excluding hydrogens is 331 g/mol. The van der Waals surface area contributed by atoms with Crippen molar-refractivity contribution in [3.05, 3.63) is 47.4 Å². The summed E-state index contributed by atoms with van der Waals surface area (Å²) in [6, 6.07) is 8.13. The third-order valence-electron chi connectivity index (χ3n) is 3.84. The summed E-state index contributed by atoms with van der Waals surface area (Å²) in [5.41, 5.74) is 1.29. The first-order chi connectivity index (χ1) is 11.4. The molecule has 0 bridgehead atoms. The van der Waals surface area contributed by atoms with Crippen LogP contribution in [0.25, 0.3) is 0 Å². The molecule has 0 amide bonds. The molecule has 0 spiro atoms. The van der Waals surface area contributed by atoms with Gasteiger partial charge in [0.05, 0.1) is 11.5 Å². The van der Waals surface area contributed by atoms with Crippen molar-refractivity contribution in [1.82, 2.24) is 9.97 Å². The Morgan fingerprint density at radius 1 is 1.29 bits per heavy atom. The van der Waals surface area contributed by atoms with E-state index in [0.29, 0.717) is 30.3 Å². The van der Waals surface area contributed by atoms with Crippen molar-refractivity contribution >= 4 is 21.6 Å². The molecule has 6 nitrogen and oxygen atoms in total. The highest BCUT2D eigenvalue weighted by Crippen LogP contribution is 2.17. The number of rotatable bonds is 5. The van der Waals surface area contributed by atoms with Crippen LogP contribution in [-0.4, -0.2) is 35.9 Å². The van der Waals surface area contributed by atoms with Gasteiger partial charge in [-0.15, -0.1) is 0 Å². The summed E-state index contributed by atoms with van der Waals surface area (Å²) in [6.07, 6.45) is 0.553. The summed E-state index contributed by atoms with van der Waals surface area (Å²) in [7, 11) is -2.96. The molecule has 24 heavy (non-hydrogen) atoms. The fourth-order valence-electron chi connectivity index (χ4n) is 2.64. The van der Waals surface area contributed by atoms with Gasteiger partial charge in [-0.1, -0.05) is 18.2 Å². The normalized spacial score (nSPS) is 19.2. The molecule has 0 radical (unpaired) electrons. The Bertz CT molecular complexity index is 842. The van der Waals surface area contributed by atoms with E-state index in [1.54, 1.807) is 24.3 Å². The second-order valence-corrected chi connectivity index (χ2v) is 8.14. The molecule has 1 atom stereocenters. The molecule has 1 aromatic heterocycles. The van der Waals surface area contributed by atoms with Crippen molar-refractivity contribution in [2.45, 2.75) is 25.9 Å². The lowest BCUT2D eigenvalue weighted by atomic mass is 10.2. The number of halogens is 1. The van der Waals surface area contributed by atoms with E-state index in [0.717, 1.165) is 5.69 Å². The maximum Gasteiger partial charge on any atom is 0.225 e. The van der Waals surface area contributed by atoms with E-state index in [-0.39, 0.29) is 23.4 Å². The van der Waals surface area contributed by atoms with Crippen LogP contribution in [0.15, 0.2) is 30.3 Å². The number of hydrogen-bond donors (Lipinski definition) is 2. The number of anilines is 2. The highest BCUT2D eigenvalue weighted by atomic mass is 32.2. The predicted molar refractivity (Wildman–Crippen MR) is 91.2 cm³/mol. The Balaban J connectivity index is 1.69. The molecule has 0 aliphatic carbocycles. The van der Waals surface area contributed by atoms with E-state index in [1.165, 1.54) is 6.07 Å². The topological polar surface area (TPSA) is 84.0 Å². The first-order valence-corrected chi connectivity index (χ1v) is 9.53. The Labute approximate surface area is 140 Å². The maximum atomic E-state index is 13.7. The van der Waals surface area contributed by atoms with Gasteiger partial charge in [0.2, 0.25) is 5.95 Å². The van der Waals surface area contributed by atoms with Crippen LogP contribution >= 0.6 is 0 Å². The van der Waals surface area contributed by atoms with E-state index < -0.39 is 9.84 Å². The van der Waals surface area contributed by atoms with E-state index in [1.807, 2.05) is 6.92 Å². The number of aromatic nitrogens is 2. The van der Waals surface area contributed by atoms with Crippen LogP contribution in [0.3, 0.4) is 0 Å². The summed E-state index contributed by atoms with van der Waals surface area (Å²) in [5, 5.41) is 6.15. The first kappa shape index (κ1) is 16.6. The minimum atomic E-state index is -2.96. The van der Waals surface area contributed by atoms with Gasteiger partial charge < -0.3 is 10.6 Å². The molecule has 3 rings (SSSR count). The number of sulfone groups is 1. The molecule has 1 aliphatic rings. The van der Waals surface area contributed by atoms with Crippen molar-refractivity contribution in [2.75, 3.05) is 22.1 Å². The summed E-state index contributed by atoms with van der Waals surface area (Å²) in [4.78, 5) is 8.63. The molecule has 8 heteroatoms. The van der Waals surface area contributed by atoms with Crippen molar-refractivity contribution in [2.24, 2.45) is 0 Å². The largest absolute Gasteiger partial charge is 0.366 e. The summed E-state index contributed by atoms with van der Waals surface area (Å²) >= 11 is 0. The van der Waals surface area contributed by atoms with Crippen molar-refractivity contribution in [3.8, 4) is 0 Å². The molecular formula is C16H19FN4O2S. The smallest absolute Gasteiger partial charge is 0.225 e.